The molecule has 4 heteroatoms. The second-order valence-corrected chi connectivity index (χ2v) is 3.60. The zero-order valence-corrected chi connectivity index (χ0v) is 9.43. The zero-order valence-electron chi connectivity index (χ0n) is 9.43. The van der Waals surface area contributed by atoms with Crippen molar-refractivity contribution in [1.82, 2.24) is 5.32 Å². The van der Waals surface area contributed by atoms with Gasteiger partial charge in [-0.2, -0.15) is 0 Å². The first kappa shape index (κ1) is 13.4. The van der Waals surface area contributed by atoms with Crippen LogP contribution in [0.4, 0.5) is 0 Å². The Morgan fingerprint density at radius 3 is 2.57 bits per heavy atom. The summed E-state index contributed by atoms with van der Waals surface area (Å²) in [5.41, 5.74) is 4.71. The lowest BCUT2D eigenvalue weighted by atomic mass is 9.94. The van der Waals surface area contributed by atoms with E-state index < -0.39 is 5.54 Å². The predicted molar refractivity (Wildman–Crippen MR) is 57.0 cm³/mol. The second-order valence-electron chi connectivity index (χ2n) is 3.60. The summed E-state index contributed by atoms with van der Waals surface area (Å²) in [4.78, 5) is 11.1. The summed E-state index contributed by atoms with van der Waals surface area (Å²) in [6.45, 7) is 5.31. The molecule has 0 aliphatic carbocycles. The summed E-state index contributed by atoms with van der Waals surface area (Å²) in [6.07, 6.45) is 2.67. The van der Waals surface area contributed by atoms with E-state index in [9.17, 15) is 4.79 Å². The fourth-order valence-corrected chi connectivity index (χ4v) is 1.20. The van der Waals surface area contributed by atoms with Crippen molar-refractivity contribution in [1.29, 1.82) is 0 Å². The van der Waals surface area contributed by atoms with Gasteiger partial charge in [-0.1, -0.05) is 0 Å². The topological polar surface area (TPSA) is 64.3 Å². The molecule has 1 atom stereocenters. The summed E-state index contributed by atoms with van der Waals surface area (Å²) >= 11 is 0. The fourth-order valence-electron chi connectivity index (χ4n) is 1.20. The summed E-state index contributed by atoms with van der Waals surface area (Å²) in [5, 5.41) is 2.95. The smallest absolute Gasteiger partial charge is 0.237 e. The zero-order chi connectivity index (χ0) is 11.0. The second kappa shape index (κ2) is 6.79. The normalized spacial score (nSPS) is 15.1. The Hall–Kier alpha value is -0.610. The number of hydrogen-bond donors (Lipinski definition) is 2. The van der Waals surface area contributed by atoms with Gasteiger partial charge >= 0.3 is 0 Å². The van der Waals surface area contributed by atoms with E-state index in [1.54, 1.807) is 7.05 Å². The lowest BCUT2D eigenvalue weighted by Gasteiger charge is -2.25. The molecule has 84 valence electrons. The molecule has 0 saturated carbocycles. The van der Waals surface area contributed by atoms with Crippen molar-refractivity contribution in [3.63, 3.8) is 0 Å². The molecule has 1 unspecified atom stereocenters. The quantitative estimate of drug-likeness (QED) is 0.568. The summed E-state index contributed by atoms with van der Waals surface area (Å²) in [6, 6.07) is 0. The van der Waals surface area contributed by atoms with Gasteiger partial charge in [0.15, 0.2) is 0 Å². The molecular formula is C10H22N2O2. The molecule has 1 amide bonds. The van der Waals surface area contributed by atoms with Crippen molar-refractivity contribution in [3.05, 3.63) is 0 Å². The molecular weight excluding hydrogens is 180 g/mol. The maximum Gasteiger partial charge on any atom is 0.237 e. The summed E-state index contributed by atoms with van der Waals surface area (Å²) < 4.78 is 5.21. The number of carbonyl (C=O) groups is 1. The van der Waals surface area contributed by atoms with Crippen LogP contribution in [0.2, 0.25) is 0 Å². The Kier molecular flexibility index (Phi) is 6.49. The van der Waals surface area contributed by atoms with E-state index >= 15 is 0 Å². The molecule has 4 nitrogen and oxygen atoms in total. The van der Waals surface area contributed by atoms with E-state index in [1.807, 2.05) is 13.8 Å². The lowest BCUT2D eigenvalue weighted by molar-refractivity contribution is -0.123. The molecule has 0 bridgehead atoms. The highest BCUT2D eigenvalue weighted by Gasteiger charge is 2.27. The van der Waals surface area contributed by atoms with Gasteiger partial charge in [0, 0.05) is 13.2 Å². The first-order chi connectivity index (χ1) is 6.56. The van der Waals surface area contributed by atoms with Crippen molar-refractivity contribution < 1.29 is 9.53 Å². The van der Waals surface area contributed by atoms with Crippen LogP contribution in [0.3, 0.4) is 0 Å². The maximum absolute atomic E-state index is 11.1. The Balaban J connectivity index is 3.68. The van der Waals surface area contributed by atoms with E-state index in [4.69, 9.17) is 10.5 Å². The first-order valence-electron chi connectivity index (χ1n) is 5.13. The third-order valence-corrected chi connectivity index (χ3v) is 2.52. The average molecular weight is 202 g/mol. The maximum atomic E-state index is 11.1. The number of likely N-dealkylation sites (N-methyl/N-ethyl adjacent to an activating group) is 1. The molecule has 0 rings (SSSR count). The number of carbonyl (C=O) groups excluding carboxylic acids is 1. The Bertz CT molecular complexity index is 174. The van der Waals surface area contributed by atoms with Crippen LogP contribution in [0.25, 0.3) is 0 Å². The molecule has 0 aromatic heterocycles. The van der Waals surface area contributed by atoms with Crippen LogP contribution in [0.1, 0.15) is 33.1 Å². The monoisotopic (exact) mass is 202 g/mol. The van der Waals surface area contributed by atoms with E-state index in [-0.39, 0.29) is 5.91 Å². The van der Waals surface area contributed by atoms with Gasteiger partial charge in [0.05, 0.1) is 5.54 Å². The molecule has 0 spiro atoms. The number of amides is 1. The van der Waals surface area contributed by atoms with Gasteiger partial charge in [-0.05, 0) is 40.2 Å². The van der Waals surface area contributed by atoms with Crippen LogP contribution in [-0.4, -0.2) is 31.7 Å². The minimum absolute atomic E-state index is 0.295. The lowest BCUT2D eigenvalue weighted by Crippen LogP contribution is -2.51. The first-order valence-corrected chi connectivity index (χ1v) is 5.13. The molecule has 0 fully saturated rings. The highest BCUT2D eigenvalue weighted by Crippen LogP contribution is 2.12. The third kappa shape index (κ3) is 4.58. The van der Waals surface area contributed by atoms with E-state index in [2.05, 4.69) is 5.32 Å². The standard InChI is InChI=1S/C10H22N2O2/c1-4-14-8-6-5-7-10(2,12-3)9(11)13/h12H,4-8H2,1-3H3,(H2,11,13). The van der Waals surface area contributed by atoms with Gasteiger partial charge < -0.3 is 15.8 Å². The minimum Gasteiger partial charge on any atom is -0.382 e. The number of nitrogens with one attached hydrogen (secondary N) is 1. The molecule has 0 heterocycles. The molecule has 0 aromatic carbocycles. The highest BCUT2D eigenvalue weighted by atomic mass is 16.5. The Labute approximate surface area is 86.2 Å². The van der Waals surface area contributed by atoms with Crippen molar-refractivity contribution in [2.24, 2.45) is 5.73 Å². The van der Waals surface area contributed by atoms with Crippen molar-refractivity contribution in [3.8, 4) is 0 Å². The number of ether oxygens (including phenoxy) is 1. The third-order valence-electron chi connectivity index (χ3n) is 2.52. The van der Waals surface area contributed by atoms with Crippen molar-refractivity contribution >= 4 is 5.91 Å². The molecule has 14 heavy (non-hydrogen) atoms. The number of unbranched alkanes of at least 4 members (excludes halogenated alkanes) is 1. The van der Waals surface area contributed by atoms with E-state index in [1.165, 1.54) is 0 Å². The average Bonchev–Trinajstić information content (AvgIpc) is 2.17. The number of nitrogens with two attached hydrogens (primary N) is 1. The molecule has 0 aliphatic heterocycles. The van der Waals surface area contributed by atoms with Gasteiger partial charge in [0.25, 0.3) is 0 Å². The van der Waals surface area contributed by atoms with E-state index in [0.717, 1.165) is 32.5 Å². The predicted octanol–water partition coefficient (Wildman–Crippen LogP) is 0.657. The fraction of sp³-hybridized carbons (Fsp3) is 0.900. The Morgan fingerprint density at radius 2 is 2.14 bits per heavy atom. The van der Waals surface area contributed by atoms with Crippen LogP contribution < -0.4 is 11.1 Å². The SMILES string of the molecule is CCOCCCCC(C)(NC)C(N)=O. The van der Waals surface area contributed by atoms with Crippen LogP contribution >= 0.6 is 0 Å². The molecule has 0 radical (unpaired) electrons. The largest absolute Gasteiger partial charge is 0.382 e. The highest BCUT2D eigenvalue weighted by molar-refractivity contribution is 5.84. The van der Waals surface area contributed by atoms with Crippen LogP contribution in [0.15, 0.2) is 0 Å². The molecule has 3 N–H and O–H groups in total. The molecule has 0 saturated heterocycles. The molecule has 0 aliphatic rings. The van der Waals surface area contributed by atoms with Gasteiger partial charge in [-0.3, -0.25) is 4.79 Å². The minimum atomic E-state index is -0.577. The van der Waals surface area contributed by atoms with Crippen molar-refractivity contribution in [2.75, 3.05) is 20.3 Å². The van der Waals surface area contributed by atoms with Gasteiger partial charge in [-0.25, -0.2) is 0 Å². The van der Waals surface area contributed by atoms with Gasteiger partial charge in [-0.15, -0.1) is 0 Å². The van der Waals surface area contributed by atoms with Gasteiger partial charge in [0.1, 0.15) is 0 Å². The number of primary amides is 1. The van der Waals surface area contributed by atoms with E-state index in [0.29, 0.717) is 0 Å². The van der Waals surface area contributed by atoms with Crippen LogP contribution in [0.5, 0.6) is 0 Å². The van der Waals surface area contributed by atoms with Crippen LogP contribution in [0, 0.1) is 0 Å². The Morgan fingerprint density at radius 1 is 1.50 bits per heavy atom. The summed E-state index contributed by atoms with van der Waals surface area (Å²) in [5.74, 6) is -0.295. The van der Waals surface area contributed by atoms with Crippen LogP contribution in [-0.2, 0) is 9.53 Å². The number of rotatable bonds is 8. The van der Waals surface area contributed by atoms with Gasteiger partial charge in [0.2, 0.25) is 5.91 Å². The molecule has 0 aromatic rings. The van der Waals surface area contributed by atoms with Crippen molar-refractivity contribution in [2.45, 2.75) is 38.6 Å². The number of hydrogen-bond acceptors (Lipinski definition) is 3. The summed E-state index contributed by atoms with van der Waals surface area (Å²) in [7, 11) is 1.76.